The number of para-hydroxylation sites is 1. The lowest BCUT2D eigenvalue weighted by atomic mass is 9.97. The molecule has 0 aliphatic carbocycles. The predicted octanol–water partition coefficient (Wildman–Crippen LogP) is 4.33. The van der Waals surface area contributed by atoms with Crippen LogP contribution in [-0.4, -0.2) is 30.6 Å². The third kappa shape index (κ3) is 3.47. The Morgan fingerprint density at radius 3 is 2.52 bits per heavy atom. The first-order valence-corrected chi connectivity index (χ1v) is 10.2. The van der Waals surface area contributed by atoms with Gasteiger partial charge in [0.05, 0.1) is 17.0 Å². The predicted molar refractivity (Wildman–Crippen MR) is 112 cm³/mol. The zero-order valence-electron chi connectivity index (χ0n) is 16.8. The first-order chi connectivity index (χ1) is 14.2. The molecule has 0 bridgehead atoms. The second-order valence-corrected chi connectivity index (χ2v) is 7.22. The summed E-state index contributed by atoms with van der Waals surface area (Å²) in [4.78, 5) is 28.3. The summed E-state index contributed by atoms with van der Waals surface area (Å²) in [7, 11) is 0. The molecule has 5 heteroatoms. The third-order valence-electron chi connectivity index (χ3n) is 5.47. The quantitative estimate of drug-likeness (QED) is 0.563. The van der Waals surface area contributed by atoms with Crippen LogP contribution in [0.4, 0.5) is 0 Å². The number of carbonyl (C=O) groups excluding carboxylic acids is 1. The monoisotopic (exact) mass is 391 g/mol. The number of ether oxygens (including phenoxy) is 1. The van der Waals surface area contributed by atoms with Crippen LogP contribution in [0.1, 0.15) is 53.6 Å². The molecule has 29 heavy (non-hydrogen) atoms. The number of fused-ring (bicyclic) bond motifs is 2. The highest BCUT2D eigenvalue weighted by Crippen LogP contribution is 2.38. The standard InChI is InChI=1S/C24H25NO4/c1-3-16-10-12-17(13-11-16)21-20-22(26)18-8-5-6-9-19(18)29-23(20)24(27)25(21)14-7-15-28-4-2/h5-6,8-13,21H,3-4,7,14-15H2,1-2H3/t21-/m1/s1. The van der Waals surface area contributed by atoms with Crippen molar-refractivity contribution in [2.75, 3.05) is 19.8 Å². The van der Waals surface area contributed by atoms with E-state index in [1.165, 1.54) is 5.56 Å². The van der Waals surface area contributed by atoms with Crippen LogP contribution in [0.15, 0.2) is 57.7 Å². The molecular weight excluding hydrogens is 366 g/mol. The first-order valence-electron chi connectivity index (χ1n) is 10.2. The highest BCUT2D eigenvalue weighted by atomic mass is 16.5. The summed E-state index contributed by atoms with van der Waals surface area (Å²) in [5, 5.41) is 0.505. The lowest BCUT2D eigenvalue weighted by molar-refractivity contribution is 0.0696. The summed E-state index contributed by atoms with van der Waals surface area (Å²) in [5.74, 6) is -0.0707. The van der Waals surface area contributed by atoms with Gasteiger partial charge in [0.1, 0.15) is 5.58 Å². The Kier molecular flexibility index (Phi) is 5.49. The van der Waals surface area contributed by atoms with Gasteiger partial charge in [0.2, 0.25) is 5.76 Å². The van der Waals surface area contributed by atoms with Crippen LogP contribution < -0.4 is 5.43 Å². The molecule has 1 aliphatic heterocycles. The zero-order chi connectivity index (χ0) is 20.4. The van der Waals surface area contributed by atoms with Crippen molar-refractivity contribution in [3.8, 4) is 0 Å². The van der Waals surface area contributed by atoms with Crippen molar-refractivity contribution >= 4 is 16.9 Å². The van der Waals surface area contributed by atoms with E-state index < -0.39 is 6.04 Å². The molecule has 2 aromatic carbocycles. The van der Waals surface area contributed by atoms with Crippen LogP contribution in [0.3, 0.4) is 0 Å². The molecule has 2 heterocycles. The zero-order valence-corrected chi connectivity index (χ0v) is 16.8. The second kappa shape index (κ2) is 8.21. The van der Waals surface area contributed by atoms with Gasteiger partial charge in [0, 0.05) is 19.8 Å². The summed E-state index contributed by atoms with van der Waals surface area (Å²) >= 11 is 0. The molecule has 0 unspecified atom stereocenters. The molecule has 4 rings (SSSR count). The average Bonchev–Trinajstić information content (AvgIpc) is 3.03. The number of rotatable bonds is 7. The fraction of sp³-hybridized carbons (Fsp3) is 0.333. The van der Waals surface area contributed by atoms with Gasteiger partial charge in [-0.15, -0.1) is 0 Å². The minimum atomic E-state index is -0.439. The molecule has 0 radical (unpaired) electrons. The number of hydrogen-bond donors (Lipinski definition) is 0. The van der Waals surface area contributed by atoms with Gasteiger partial charge >= 0.3 is 0 Å². The number of hydrogen-bond acceptors (Lipinski definition) is 4. The summed E-state index contributed by atoms with van der Waals surface area (Å²) in [5.41, 5.74) is 2.89. The second-order valence-electron chi connectivity index (χ2n) is 7.22. The molecule has 0 saturated carbocycles. The topological polar surface area (TPSA) is 59.8 Å². The summed E-state index contributed by atoms with van der Waals surface area (Å²) in [6.45, 7) is 5.76. The van der Waals surface area contributed by atoms with Crippen LogP contribution >= 0.6 is 0 Å². The van der Waals surface area contributed by atoms with E-state index >= 15 is 0 Å². The van der Waals surface area contributed by atoms with E-state index in [4.69, 9.17) is 9.15 Å². The van der Waals surface area contributed by atoms with E-state index in [0.29, 0.717) is 42.7 Å². The normalized spacial score (nSPS) is 15.9. The maximum atomic E-state index is 13.3. The Balaban J connectivity index is 1.82. The molecular formula is C24H25NO4. The van der Waals surface area contributed by atoms with Crippen molar-refractivity contribution in [3.05, 3.63) is 81.2 Å². The van der Waals surface area contributed by atoms with E-state index in [9.17, 15) is 9.59 Å². The Morgan fingerprint density at radius 2 is 1.79 bits per heavy atom. The molecule has 0 saturated heterocycles. The molecule has 0 spiro atoms. The van der Waals surface area contributed by atoms with E-state index in [2.05, 4.69) is 19.1 Å². The van der Waals surface area contributed by atoms with Crippen molar-refractivity contribution in [1.82, 2.24) is 4.90 Å². The number of amides is 1. The molecule has 150 valence electrons. The van der Waals surface area contributed by atoms with Gasteiger partial charge < -0.3 is 14.1 Å². The molecule has 0 N–H and O–H groups in total. The maximum Gasteiger partial charge on any atom is 0.290 e. The largest absolute Gasteiger partial charge is 0.450 e. The molecule has 1 aromatic heterocycles. The molecule has 5 nitrogen and oxygen atoms in total. The van der Waals surface area contributed by atoms with Crippen LogP contribution in [-0.2, 0) is 11.2 Å². The minimum Gasteiger partial charge on any atom is -0.450 e. The lowest BCUT2D eigenvalue weighted by Gasteiger charge is -2.25. The van der Waals surface area contributed by atoms with E-state index in [0.717, 1.165) is 12.0 Å². The molecule has 0 fully saturated rings. The van der Waals surface area contributed by atoms with Crippen LogP contribution in [0.25, 0.3) is 11.0 Å². The first kappa shape index (κ1) is 19.4. The fourth-order valence-electron chi connectivity index (χ4n) is 3.96. The summed E-state index contributed by atoms with van der Waals surface area (Å²) in [6.07, 6.45) is 1.64. The highest BCUT2D eigenvalue weighted by molar-refractivity contribution is 5.99. The average molecular weight is 391 g/mol. The van der Waals surface area contributed by atoms with Crippen molar-refractivity contribution in [2.45, 2.75) is 32.7 Å². The van der Waals surface area contributed by atoms with Crippen LogP contribution in [0, 0.1) is 0 Å². The summed E-state index contributed by atoms with van der Waals surface area (Å²) in [6, 6.07) is 14.8. The van der Waals surface area contributed by atoms with Gasteiger partial charge in [-0.25, -0.2) is 0 Å². The minimum absolute atomic E-state index is 0.132. The third-order valence-corrected chi connectivity index (χ3v) is 5.47. The molecule has 1 amide bonds. The van der Waals surface area contributed by atoms with Gasteiger partial charge in [0.15, 0.2) is 5.43 Å². The van der Waals surface area contributed by atoms with Gasteiger partial charge in [-0.3, -0.25) is 9.59 Å². The molecule has 1 aliphatic rings. The number of benzene rings is 2. The maximum absolute atomic E-state index is 13.3. The van der Waals surface area contributed by atoms with Crippen molar-refractivity contribution in [3.63, 3.8) is 0 Å². The number of nitrogens with zero attached hydrogens (tertiary/aromatic N) is 1. The molecule has 3 aromatic rings. The van der Waals surface area contributed by atoms with Crippen molar-refractivity contribution in [2.24, 2.45) is 0 Å². The van der Waals surface area contributed by atoms with Crippen molar-refractivity contribution in [1.29, 1.82) is 0 Å². The van der Waals surface area contributed by atoms with Gasteiger partial charge in [-0.1, -0.05) is 43.3 Å². The Bertz CT molecular complexity index is 1080. The lowest BCUT2D eigenvalue weighted by Crippen LogP contribution is -2.31. The highest BCUT2D eigenvalue weighted by Gasteiger charge is 2.42. The summed E-state index contributed by atoms with van der Waals surface area (Å²) < 4.78 is 11.4. The smallest absolute Gasteiger partial charge is 0.290 e. The van der Waals surface area contributed by atoms with Gasteiger partial charge in [-0.2, -0.15) is 0 Å². The number of carbonyl (C=O) groups is 1. The van der Waals surface area contributed by atoms with E-state index in [1.807, 2.05) is 25.1 Å². The van der Waals surface area contributed by atoms with Gasteiger partial charge in [-0.05, 0) is 43.0 Å². The Labute approximate surface area is 169 Å². The fourth-order valence-corrected chi connectivity index (χ4v) is 3.96. The Morgan fingerprint density at radius 1 is 1.03 bits per heavy atom. The van der Waals surface area contributed by atoms with Gasteiger partial charge in [0.25, 0.3) is 5.91 Å². The molecule has 1 atom stereocenters. The van der Waals surface area contributed by atoms with E-state index in [-0.39, 0.29) is 17.1 Å². The SMILES string of the molecule is CCOCCCN1C(=O)c2oc3ccccc3c(=O)c2[C@H]1c1ccc(CC)cc1. The Hall–Kier alpha value is -2.92. The van der Waals surface area contributed by atoms with Crippen LogP contribution in [0.5, 0.6) is 0 Å². The van der Waals surface area contributed by atoms with Crippen LogP contribution in [0.2, 0.25) is 0 Å². The van der Waals surface area contributed by atoms with Crippen molar-refractivity contribution < 1.29 is 13.9 Å². The van der Waals surface area contributed by atoms with E-state index in [1.54, 1.807) is 23.1 Å². The number of aryl methyl sites for hydroxylation is 1.